The fraction of sp³-hybridized carbons (Fsp3) is 0.412. The van der Waals surface area contributed by atoms with Gasteiger partial charge in [0.2, 0.25) is 0 Å². The minimum absolute atomic E-state index is 0.174. The Bertz CT molecular complexity index is 773. The topological polar surface area (TPSA) is 89.3 Å². The molecule has 1 atom stereocenters. The summed E-state index contributed by atoms with van der Waals surface area (Å²) in [4.78, 5) is 29.8. The molecule has 1 saturated heterocycles. The molecule has 1 aliphatic rings. The number of rotatable bonds is 3. The molecular formula is C17H21N5O3. The van der Waals surface area contributed by atoms with Crippen molar-refractivity contribution in [1.82, 2.24) is 19.7 Å². The van der Waals surface area contributed by atoms with Crippen molar-refractivity contribution in [1.29, 1.82) is 0 Å². The van der Waals surface area contributed by atoms with Crippen molar-refractivity contribution in [2.24, 2.45) is 0 Å². The van der Waals surface area contributed by atoms with E-state index >= 15 is 0 Å². The maximum atomic E-state index is 12.5. The lowest BCUT2D eigenvalue weighted by Crippen LogP contribution is -2.43. The highest BCUT2D eigenvalue weighted by Gasteiger charge is 2.25. The number of likely N-dealkylation sites (tertiary alicyclic amines) is 1. The predicted molar refractivity (Wildman–Crippen MR) is 91.4 cm³/mol. The zero-order valence-electron chi connectivity index (χ0n) is 14.3. The summed E-state index contributed by atoms with van der Waals surface area (Å²) in [5, 5.41) is 7.15. The van der Waals surface area contributed by atoms with E-state index in [4.69, 9.17) is 0 Å². The summed E-state index contributed by atoms with van der Waals surface area (Å²) in [5.41, 5.74) is 1.86. The Morgan fingerprint density at radius 2 is 2.16 bits per heavy atom. The van der Waals surface area contributed by atoms with Crippen LogP contribution in [0.5, 0.6) is 0 Å². The van der Waals surface area contributed by atoms with Crippen LogP contribution in [-0.4, -0.2) is 51.9 Å². The fourth-order valence-corrected chi connectivity index (χ4v) is 2.93. The summed E-state index contributed by atoms with van der Waals surface area (Å²) in [6.07, 6.45) is 8.63. The summed E-state index contributed by atoms with van der Waals surface area (Å²) in [6, 6.07) is 1.51. The number of carbonyl (C=O) groups excluding carboxylic acids is 2. The lowest BCUT2D eigenvalue weighted by molar-refractivity contribution is 0.0600. The average molecular weight is 343 g/mol. The Balaban J connectivity index is 1.65. The van der Waals surface area contributed by atoms with E-state index in [0.717, 1.165) is 18.4 Å². The summed E-state index contributed by atoms with van der Waals surface area (Å²) in [6.45, 7) is 3.28. The van der Waals surface area contributed by atoms with Crippen molar-refractivity contribution < 1.29 is 14.3 Å². The zero-order valence-corrected chi connectivity index (χ0v) is 14.3. The van der Waals surface area contributed by atoms with Gasteiger partial charge >= 0.3 is 12.0 Å². The summed E-state index contributed by atoms with van der Waals surface area (Å²) in [5.74, 6) is -0.490. The molecule has 1 unspecified atom stereocenters. The van der Waals surface area contributed by atoms with Crippen LogP contribution >= 0.6 is 0 Å². The summed E-state index contributed by atoms with van der Waals surface area (Å²) in [7, 11) is 1.30. The second kappa shape index (κ2) is 7.33. The SMILES string of the molecule is COC(=O)c1cncc(NC(=O)N2CCCC(n3cc(C)cn3)C2)c1. The number of carbonyl (C=O) groups is 2. The van der Waals surface area contributed by atoms with Gasteiger partial charge in [0.15, 0.2) is 0 Å². The van der Waals surface area contributed by atoms with Gasteiger partial charge < -0.3 is 15.0 Å². The molecule has 25 heavy (non-hydrogen) atoms. The van der Waals surface area contributed by atoms with Crippen LogP contribution in [-0.2, 0) is 4.74 Å². The third kappa shape index (κ3) is 3.96. The highest BCUT2D eigenvalue weighted by Crippen LogP contribution is 2.22. The number of piperidine rings is 1. The number of urea groups is 1. The number of esters is 1. The Morgan fingerprint density at radius 3 is 2.88 bits per heavy atom. The second-order valence-corrected chi connectivity index (χ2v) is 6.12. The number of ether oxygens (including phenoxy) is 1. The number of methoxy groups -OCH3 is 1. The average Bonchev–Trinajstić information content (AvgIpc) is 3.08. The number of nitrogens with one attached hydrogen (secondary N) is 1. The molecule has 1 fully saturated rings. The van der Waals surface area contributed by atoms with Crippen LogP contribution in [0.4, 0.5) is 10.5 Å². The standard InChI is InChI=1S/C17H21N5O3/c1-12-7-19-22(10-12)15-4-3-5-21(11-15)17(24)20-14-6-13(8-18-9-14)16(23)25-2/h6-10,15H,3-5,11H2,1-2H3,(H,20,24). The van der Waals surface area contributed by atoms with E-state index < -0.39 is 5.97 Å². The molecule has 3 rings (SSSR count). The number of aryl methyl sites for hydroxylation is 1. The highest BCUT2D eigenvalue weighted by atomic mass is 16.5. The molecular weight excluding hydrogens is 322 g/mol. The number of hydrogen-bond donors (Lipinski definition) is 1. The van der Waals surface area contributed by atoms with E-state index in [1.54, 1.807) is 11.0 Å². The van der Waals surface area contributed by atoms with Gasteiger partial charge in [-0.25, -0.2) is 9.59 Å². The van der Waals surface area contributed by atoms with Crippen molar-refractivity contribution in [3.63, 3.8) is 0 Å². The number of anilines is 1. The molecule has 8 heteroatoms. The Labute approximate surface area is 145 Å². The van der Waals surface area contributed by atoms with Crippen molar-refractivity contribution in [2.75, 3.05) is 25.5 Å². The monoisotopic (exact) mass is 343 g/mol. The molecule has 1 N–H and O–H groups in total. The van der Waals surface area contributed by atoms with Crippen LogP contribution in [0.25, 0.3) is 0 Å². The minimum atomic E-state index is -0.490. The van der Waals surface area contributed by atoms with Crippen molar-refractivity contribution in [3.05, 3.63) is 42.0 Å². The molecule has 2 amide bonds. The largest absolute Gasteiger partial charge is 0.465 e. The van der Waals surface area contributed by atoms with E-state index in [2.05, 4.69) is 20.1 Å². The molecule has 0 aliphatic carbocycles. The molecule has 2 aromatic rings. The number of pyridine rings is 1. The van der Waals surface area contributed by atoms with E-state index in [-0.39, 0.29) is 12.1 Å². The van der Waals surface area contributed by atoms with Gasteiger partial charge in [0.25, 0.3) is 0 Å². The van der Waals surface area contributed by atoms with E-state index in [1.165, 1.54) is 19.5 Å². The third-order valence-corrected chi connectivity index (χ3v) is 4.20. The zero-order chi connectivity index (χ0) is 17.8. The van der Waals surface area contributed by atoms with Gasteiger partial charge in [0.05, 0.1) is 36.8 Å². The van der Waals surface area contributed by atoms with E-state index in [0.29, 0.717) is 24.3 Å². The first-order chi connectivity index (χ1) is 12.1. The van der Waals surface area contributed by atoms with Crippen molar-refractivity contribution in [2.45, 2.75) is 25.8 Å². The summed E-state index contributed by atoms with van der Waals surface area (Å²) >= 11 is 0. The molecule has 1 aliphatic heterocycles. The number of amides is 2. The first kappa shape index (κ1) is 16.9. The molecule has 0 bridgehead atoms. The van der Waals surface area contributed by atoms with Crippen LogP contribution in [0.2, 0.25) is 0 Å². The first-order valence-electron chi connectivity index (χ1n) is 8.17. The molecule has 0 spiro atoms. The fourth-order valence-electron chi connectivity index (χ4n) is 2.93. The quantitative estimate of drug-likeness (QED) is 0.863. The van der Waals surface area contributed by atoms with Crippen molar-refractivity contribution >= 4 is 17.7 Å². The lowest BCUT2D eigenvalue weighted by atomic mass is 10.1. The van der Waals surface area contributed by atoms with Crippen LogP contribution in [0.1, 0.15) is 34.8 Å². The van der Waals surface area contributed by atoms with Gasteiger partial charge in [-0.15, -0.1) is 0 Å². The molecule has 0 saturated carbocycles. The normalized spacial score (nSPS) is 17.2. The Morgan fingerprint density at radius 1 is 1.32 bits per heavy atom. The molecule has 8 nitrogen and oxygen atoms in total. The second-order valence-electron chi connectivity index (χ2n) is 6.12. The number of hydrogen-bond acceptors (Lipinski definition) is 5. The van der Waals surface area contributed by atoms with E-state index in [1.807, 2.05) is 24.0 Å². The smallest absolute Gasteiger partial charge is 0.339 e. The number of nitrogens with zero attached hydrogens (tertiary/aromatic N) is 4. The van der Waals surface area contributed by atoms with E-state index in [9.17, 15) is 9.59 Å². The van der Waals surface area contributed by atoms with Gasteiger partial charge in [-0.2, -0.15) is 5.10 Å². The van der Waals surface area contributed by atoms with Crippen LogP contribution < -0.4 is 5.32 Å². The van der Waals surface area contributed by atoms with Gasteiger partial charge in [0, 0.05) is 25.5 Å². The Kier molecular flexibility index (Phi) is 4.97. The first-order valence-corrected chi connectivity index (χ1v) is 8.17. The van der Waals surface area contributed by atoms with Gasteiger partial charge in [-0.05, 0) is 31.4 Å². The predicted octanol–water partition coefficient (Wildman–Crippen LogP) is 2.24. The molecule has 132 valence electrons. The van der Waals surface area contributed by atoms with Crippen molar-refractivity contribution in [3.8, 4) is 0 Å². The Hall–Kier alpha value is -2.90. The van der Waals surface area contributed by atoms with Crippen LogP contribution in [0.15, 0.2) is 30.9 Å². The molecule has 3 heterocycles. The van der Waals surface area contributed by atoms with Crippen LogP contribution in [0, 0.1) is 6.92 Å². The van der Waals surface area contributed by atoms with Crippen LogP contribution in [0.3, 0.4) is 0 Å². The maximum Gasteiger partial charge on any atom is 0.339 e. The number of aromatic nitrogens is 3. The van der Waals surface area contributed by atoms with Gasteiger partial charge in [-0.1, -0.05) is 0 Å². The third-order valence-electron chi connectivity index (χ3n) is 4.20. The highest BCUT2D eigenvalue weighted by molar-refractivity contribution is 5.93. The van der Waals surface area contributed by atoms with Gasteiger partial charge in [0.1, 0.15) is 0 Å². The lowest BCUT2D eigenvalue weighted by Gasteiger charge is -2.32. The molecule has 0 aromatic carbocycles. The molecule has 2 aromatic heterocycles. The maximum absolute atomic E-state index is 12.5. The molecule has 0 radical (unpaired) electrons. The van der Waals surface area contributed by atoms with Gasteiger partial charge in [-0.3, -0.25) is 9.67 Å². The minimum Gasteiger partial charge on any atom is -0.465 e. The summed E-state index contributed by atoms with van der Waals surface area (Å²) < 4.78 is 6.59.